The van der Waals surface area contributed by atoms with E-state index in [2.05, 4.69) is 20.4 Å². The lowest BCUT2D eigenvalue weighted by Crippen LogP contribution is -2.41. The Bertz CT molecular complexity index is 1860. The van der Waals surface area contributed by atoms with Gasteiger partial charge in [0.1, 0.15) is 0 Å². The Morgan fingerprint density at radius 1 is 0.660 bits per heavy atom. The third-order valence-corrected chi connectivity index (χ3v) is 10.1. The minimum Gasteiger partial charge on any atom is -0.459 e. The summed E-state index contributed by atoms with van der Waals surface area (Å²) in [7, 11) is 0. The average molecular weight is 757 g/mol. The van der Waals surface area contributed by atoms with Crippen molar-refractivity contribution in [2.45, 2.75) is 25.7 Å². The smallest absolute Gasteiger partial charge is 0.287 e. The number of piperidine rings is 2. The van der Waals surface area contributed by atoms with Gasteiger partial charge in [0.15, 0.2) is 17.3 Å². The summed E-state index contributed by atoms with van der Waals surface area (Å²) in [5, 5.41) is 15.9. The second kappa shape index (κ2) is 19.9. The number of rotatable bonds is 12. The summed E-state index contributed by atoms with van der Waals surface area (Å²) in [6.45, 7) is 6.01. The summed E-state index contributed by atoms with van der Waals surface area (Å²) < 4.78 is 5.06. The van der Waals surface area contributed by atoms with E-state index in [0.717, 1.165) is 76.1 Å². The van der Waals surface area contributed by atoms with Crippen LogP contribution in [0.15, 0.2) is 95.6 Å². The summed E-state index contributed by atoms with van der Waals surface area (Å²) in [5.74, 6) is 0.440. The maximum Gasteiger partial charge on any atom is 0.287 e. The van der Waals surface area contributed by atoms with E-state index in [4.69, 9.17) is 32.9 Å². The lowest BCUT2D eigenvalue weighted by molar-refractivity contribution is 0.0828. The molecule has 53 heavy (non-hydrogen) atoms. The minimum atomic E-state index is -0.196. The molecule has 0 bridgehead atoms. The standard InChI is InChI=1S/C22H22ClN3O2.C19H21ClN2O3/c23-20-6-4-17(5-7-20)21(27)18-8-11-26(12-9-18)13-10-25-22(28)19-3-1-2-16(14-19)15-24;20-16-5-3-14(4-6-16)18(23)15-7-10-22(11-8-15)12-9-21-19(24)17-2-1-13-25-17/h1-7,14,18H,8-13H2,(H,25,28);1-6,13,15H,7-12H2,(H,21,24). The van der Waals surface area contributed by atoms with Gasteiger partial charge in [-0.3, -0.25) is 19.2 Å². The molecule has 0 aliphatic carbocycles. The zero-order valence-corrected chi connectivity index (χ0v) is 31.0. The van der Waals surface area contributed by atoms with Crippen LogP contribution in [0.25, 0.3) is 0 Å². The number of benzene rings is 3. The predicted octanol–water partition coefficient (Wildman–Crippen LogP) is 6.79. The SMILES string of the molecule is N#Cc1cccc(C(=O)NCCN2CCC(C(=O)c3ccc(Cl)cc3)CC2)c1.O=C(NCCN1CCC(C(=O)c2ccc(Cl)cc2)CC1)c1ccco1. The molecule has 2 fully saturated rings. The number of amides is 2. The van der Waals surface area contributed by atoms with Crippen molar-refractivity contribution in [1.82, 2.24) is 20.4 Å². The number of Topliss-reactive ketones (excluding diaryl/α,β-unsaturated/α-hetero) is 2. The number of likely N-dealkylation sites (tertiary alicyclic amines) is 2. The molecule has 1 aromatic heterocycles. The second-order valence-corrected chi connectivity index (χ2v) is 14.0. The molecule has 4 aromatic rings. The van der Waals surface area contributed by atoms with Crippen LogP contribution in [0, 0.1) is 23.2 Å². The fraction of sp³-hybridized carbons (Fsp3) is 0.341. The van der Waals surface area contributed by atoms with Crippen molar-refractivity contribution in [1.29, 1.82) is 5.26 Å². The van der Waals surface area contributed by atoms with E-state index in [9.17, 15) is 19.2 Å². The summed E-state index contributed by atoms with van der Waals surface area (Å²) in [5.41, 5.74) is 2.41. The van der Waals surface area contributed by atoms with E-state index in [1.165, 1.54) is 6.26 Å². The summed E-state index contributed by atoms with van der Waals surface area (Å²) >= 11 is 11.8. The molecule has 12 heteroatoms. The molecule has 0 saturated carbocycles. The molecule has 0 unspecified atom stereocenters. The Morgan fingerprint density at radius 2 is 1.15 bits per heavy atom. The molecular formula is C41H43Cl2N5O5. The van der Waals surface area contributed by atoms with Gasteiger partial charge in [-0.05, 0) is 131 Å². The Hall–Kier alpha value is -4.79. The van der Waals surface area contributed by atoms with Gasteiger partial charge in [-0.2, -0.15) is 5.26 Å². The van der Waals surface area contributed by atoms with Gasteiger partial charge < -0.3 is 24.9 Å². The maximum absolute atomic E-state index is 12.6. The predicted molar refractivity (Wildman–Crippen MR) is 204 cm³/mol. The van der Waals surface area contributed by atoms with Crippen LogP contribution in [-0.2, 0) is 0 Å². The van der Waals surface area contributed by atoms with Crippen molar-refractivity contribution in [3.63, 3.8) is 0 Å². The van der Waals surface area contributed by atoms with E-state index < -0.39 is 0 Å². The topological polar surface area (TPSA) is 136 Å². The minimum absolute atomic E-state index is 0.0424. The number of furan rings is 1. The van der Waals surface area contributed by atoms with Crippen LogP contribution in [0.2, 0.25) is 10.0 Å². The molecular weight excluding hydrogens is 713 g/mol. The molecule has 2 amide bonds. The third-order valence-electron chi connectivity index (χ3n) is 9.60. The molecule has 2 aliphatic heterocycles. The monoisotopic (exact) mass is 755 g/mol. The van der Waals surface area contributed by atoms with Crippen molar-refractivity contribution in [2.24, 2.45) is 11.8 Å². The highest BCUT2D eigenvalue weighted by molar-refractivity contribution is 6.31. The zero-order chi connectivity index (χ0) is 37.6. The van der Waals surface area contributed by atoms with Crippen LogP contribution in [0.3, 0.4) is 0 Å². The Labute approximate surface area is 320 Å². The molecule has 0 spiro atoms. The van der Waals surface area contributed by atoms with Crippen LogP contribution in [-0.4, -0.2) is 85.5 Å². The van der Waals surface area contributed by atoms with Gasteiger partial charge in [-0.1, -0.05) is 29.3 Å². The molecule has 2 saturated heterocycles. The van der Waals surface area contributed by atoms with Gasteiger partial charge in [0.05, 0.1) is 17.9 Å². The van der Waals surface area contributed by atoms with E-state index in [1.54, 1.807) is 84.9 Å². The second-order valence-electron chi connectivity index (χ2n) is 13.2. The number of nitriles is 1. The van der Waals surface area contributed by atoms with Gasteiger partial charge in [-0.15, -0.1) is 0 Å². The summed E-state index contributed by atoms with van der Waals surface area (Å²) in [6, 6.07) is 26.2. The van der Waals surface area contributed by atoms with E-state index >= 15 is 0 Å². The lowest BCUT2D eigenvalue weighted by Gasteiger charge is -2.31. The number of hydrogen-bond acceptors (Lipinski definition) is 8. The van der Waals surface area contributed by atoms with Crippen molar-refractivity contribution >= 4 is 46.6 Å². The number of halogens is 2. The number of carbonyl (C=O) groups is 4. The van der Waals surface area contributed by atoms with Crippen LogP contribution in [0.5, 0.6) is 0 Å². The fourth-order valence-corrected chi connectivity index (χ4v) is 6.77. The molecule has 0 atom stereocenters. The van der Waals surface area contributed by atoms with Crippen LogP contribution < -0.4 is 10.6 Å². The van der Waals surface area contributed by atoms with Crippen molar-refractivity contribution in [2.75, 3.05) is 52.4 Å². The number of nitrogens with zero attached hydrogens (tertiary/aromatic N) is 3. The van der Waals surface area contributed by atoms with E-state index in [-0.39, 0.29) is 35.2 Å². The maximum atomic E-state index is 12.6. The largest absolute Gasteiger partial charge is 0.459 e. The zero-order valence-electron chi connectivity index (χ0n) is 29.4. The van der Waals surface area contributed by atoms with Gasteiger partial charge in [0, 0.05) is 64.8 Å². The van der Waals surface area contributed by atoms with Crippen molar-refractivity contribution in [3.05, 3.63) is 129 Å². The normalized spacial score (nSPS) is 15.4. The van der Waals surface area contributed by atoms with Crippen molar-refractivity contribution in [3.8, 4) is 6.07 Å². The number of carbonyl (C=O) groups excluding carboxylic acids is 4. The van der Waals surface area contributed by atoms with E-state index in [0.29, 0.717) is 40.0 Å². The van der Waals surface area contributed by atoms with Gasteiger partial charge >= 0.3 is 0 Å². The van der Waals surface area contributed by atoms with Gasteiger partial charge in [-0.25, -0.2) is 0 Å². The first kappa shape index (κ1) is 39.4. The molecule has 2 aliphatic rings. The molecule has 3 aromatic carbocycles. The first-order chi connectivity index (χ1) is 25.7. The highest BCUT2D eigenvalue weighted by Gasteiger charge is 2.27. The summed E-state index contributed by atoms with van der Waals surface area (Å²) in [4.78, 5) is 53.6. The Morgan fingerprint density at radius 3 is 1.60 bits per heavy atom. The Kier molecular flexibility index (Phi) is 14.8. The molecule has 10 nitrogen and oxygen atoms in total. The van der Waals surface area contributed by atoms with Crippen LogP contribution >= 0.6 is 23.2 Å². The lowest BCUT2D eigenvalue weighted by atomic mass is 9.89. The first-order valence-electron chi connectivity index (χ1n) is 17.8. The van der Waals surface area contributed by atoms with Gasteiger partial charge in [0.2, 0.25) is 0 Å². The van der Waals surface area contributed by atoms with Crippen molar-refractivity contribution < 1.29 is 23.6 Å². The third kappa shape index (κ3) is 11.9. The molecule has 276 valence electrons. The van der Waals surface area contributed by atoms with E-state index in [1.807, 2.05) is 6.07 Å². The molecule has 6 rings (SSSR count). The first-order valence-corrected chi connectivity index (χ1v) is 18.6. The molecule has 3 heterocycles. The number of ketones is 2. The Balaban J connectivity index is 0.000000206. The van der Waals surface area contributed by atoms with Crippen LogP contribution in [0.1, 0.15) is 72.9 Å². The summed E-state index contributed by atoms with van der Waals surface area (Å²) in [6.07, 6.45) is 4.80. The number of hydrogen-bond donors (Lipinski definition) is 2. The molecule has 0 radical (unpaired) electrons. The highest BCUT2D eigenvalue weighted by atomic mass is 35.5. The number of nitrogens with one attached hydrogen (secondary N) is 2. The highest BCUT2D eigenvalue weighted by Crippen LogP contribution is 2.24. The average Bonchev–Trinajstić information content (AvgIpc) is 3.74. The quantitative estimate of drug-likeness (QED) is 0.151. The van der Waals surface area contributed by atoms with Gasteiger partial charge in [0.25, 0.3) is 11.8 Å². The fourth-order valence-electron chi connectivity index (χ4n) is 6.52. The van der Waals surface area contributed by atoms with Crippen LogP contribution in [0.4, 0.5) is 0 Å². The molecule has 2 N–H and O–H groups in total.